The number of nitrogens with one attached hydrogen (secondary N) is 1. The number of carbonyl (C=O) groups is 1. The molecule has 5 nitrogen and oxygen atoms in total. The van der Waals surface area contributed by atoms with Crippen LogP contribution < -0.4 is 10.2 Å². The second-order valence-electron chi connectivity index (χ2n) is 5.82. The van der Waals surface area contributed by atoms with Gasteiger partial charge in [0.1, 0.15) is 0 Å². The van der Waals surface area contributed by atoms with Crippen molar-refractivity contribution in [1.29, 1.82) is 0 Å². The first-order valence-electron chi connectivity index (χ1n) is 7.96. The third-order valence-electron chi connectivity index (χ3n) is 4.16. The Hall–Kier alpha value is -2.56. The Morgan fingerprint density at radius 2 is 1.70 bits per heavy atom. The van der Waals surface area contributed by atoms with Gasteiger partial charge in [-0.15, -0.1) is 0 Å². The van der Waals surface area contributed by atoms with Crippen LogP contribution in [0.1, 0.15) is 11.1 Å². The summed E-state index contributed by atoms with van der Waals surface area (Å²) in [6, 6.07) is 12.3. The quantitative estimate of drug-likeness (QED) is 0.947. The first-order valence-corrected chi connectivity index (χ1v) is 7.96. The molecule has 3 rings (SSSR count). The van der Waals surface area contributed by atoms with Gasteiger partial charge in [0.05, 0.1) is 0 Å². The normalized spacial score (nSPS) is 14.7. The van der Waals surface area contributed by atoms with Crippen molar-refractivity contribution in [3.8, 4) is 0 Å². The minimum Gasteiger partial charge on any atom is -0.368 e. The van der Waals surface area contributed by atoms with Crippen LogP contribution in [0.2, 0.25) is 0 Å². The number of aryl methyl sites for hydroxylation is 1. The Bertz CT molecular complexity index is 634. The number of pyridine rings is 1. The van der Waals surface area contributed by atoms with Crippen molar-refractivity contribution in [2.75, 3.05) is 31.1 Å². The summed E-state index contributed by atoms with van der Waals surface area (Å²) in [7, 11) is 0. The van der Waals surface area contributed by atoms with Gasteiger partial charge in [0, 0.05) is 50.8 Å². The van der Waals surface area contributed by atoms with Crippen LogP contribution in [0.15, 0.2) is 48.8 Å². The molecule has 0 unspecified atom stereocenters. The summed E-state index contributed by atoms with van der Waals surface area (Å²) >= 11 is 0. The van der Waals surface area contributed by atoms with Crippen LogP contribution in [0, 0.1) is 6.92 Å². The van der Waals surface area contributed by atoms with Crippen LogP contribution in [-0.2, 0) is 6.54 Å². The lowest BCUT2D eigenvalue weighted by Gasteiger charge is -2.36. The highest BCUT2D eigenvalue weighted by Gasteiger charge is 2.20. The summed E-state index contributed by atoms with van der Waals surface area (Å²) in [5, 5.41) is 3.00. The van der Waals surface area contributed by atoms with Crippen molar-refractivity contribution in [3.05, 3.63) is 59.9 Å². The number of rotatable bonds is 3. The van der Waals surface area contributed by atoms with Crippen molar-refractivity contribution >= 4 is 11.7 Å². The molecule has 23 heavy (non-hydrogen) atoms. The molecule has 5 heteroatoms. The number of hydrogen-bond donors (Lipinski definition) is 1. The predicted molar refractivity (Wildman–Crippen MR) is 91.4 cm³/mol. The molecule has 1 N–H and O–H groups in total. The summed E-state index contributed by atoms with van der Waals surface area (Å²) in [6.45, 7) is 5.81. The molecule has 0 spiro atoms. The zero-order chi connectivity index (χ0) is 16.1. The zero-order valence-corrected chi connectivity index (χ0v) is 13.4. The van der Waals surface area contributed by atoms with Crippen molar-refractivity contribution in [3.63, 3.8) is 0 Å². The summed E-state index contributed by atoms with van der Waals surface area (Å²) in [6.07, 6.45) is 3.60. The van der Waals surface area contributed by atoms with Gasteiger partial charge in [-0.05, 0) is 24.6 Å². The second-order valence-corrected chi connectivity index (χ2v) is 5.82. The third-order valence-corrected chi connectivity index (χ3v) is 4.16. The smallest absolute Gasteiger partial charge is 0.317 e. The highest BCUT2D eigenvalue weighted by molar-refractivity contribution is 5.74. The maximum Gasteiger partial charge on any atom is 0.317 e. The molecule has 2 amide bonds. The van der Waals surface area contributed by atoms with E-state index < -0.39 is 0 Å². The molecule has 1 aromatic heterocycles. The van der Waals surface area contributed by atoms with Gasteiger partial charge in [0.15, 0.2) is 0 Å². The van der Waals surface area contributed by atoms with Gasteiger partial charge < -0.3 is 15.1 Å². The SMILES string of the molecule is Cc1ccc(CNC(=O)N2CCN(c3ccncc3)CC2)cc1. The number of aromatic nitrogens is 1. The number of amides is 2. The molecule has 0 saturated carbocycles. The van der Waals surface area contributed by atoms with Gasteiger partial charge in [0.2, 0.25) is 0 Å². The molecule has 1 fully saturated rings. The van der Waals surface area contributed by atoms with Crippen LogP contribution >= 0.6 is 0 Å². The van der Waals surface area contributed by atoms with Crippen LogP contribution in [0.4, 0.5) is 10.5 Å². The van der Waals surface area contributed by atoms with Crippen molar-refractivity contribution in [1.82, 2.24) is 15.2 Å². The van der Waals surface area contributed by atoms with E-state index in [1.54, 1.807) is 12.4 Å². The highest BCUT2D eigenvalue weighted by Crippen LogP contribution is 2.14. The maximum absolute atomic E-state index is 12.3. The van der Waals surface area contributed by atoms with Crippen LogP contribution in [0.3, 0.4) is 0 Å². The molecule has 1 aliphatic rings. The van der Waals surface area contributed by atoms with Crippen LogP contribution in [0.25, 0.3) is 0 Å². The molecule has 1 aromatic carbocycles. The fraction of sp³-hybridized carbons (Fsp3) is 0.333. The van der Waals surface area contributed by atoms with E-state index in [9.17, 15) is 4.79 Å². The molecule has 2 heterocycles. The number of anilines is 1. The van der Waals surface area contributed by atoms with Crippen LogP contribution in [0.5, 0.6) is 0 Å². The van der Waals surface area contributed by atoms with E-state index in [1.807, 2.05) is 17.0 Å². The van der Waals surface area contributed by atoms with Gasteiger partial charge in [-0.3, -0.25) is 4.98 Å². The van der Waals surface area contributed by atoms with Gasteiger partial charge in [-0.1, -0.05) is 29.8 Å². The average Bonchev–Trinajstić information content (AvgIpc) is 2.62. The highest BCUT2D eigenvalue weighted by atomic mass is 16.2. The van der Waals surface area contributed by atoms with E-state index in [4.69, 9.17) is 0 Å². The average molecular weight is 310 g/mol. The Kier molecular flexibility index (Phi) is 4.76. The van der Waals surface area contributed by atoms with Gasteiger partial charge in [-0.2, -0.15) is 0 Å². The van der Waals surface area contributed by atoms with Gasteiger partial charge in [0.25, 0.3) is 0 Å². The molecule has 2 aromatic rings. The van der Waals surface area contributed by atoms with Crippen LogP contribution in [-0.4, -0.2) is 42.1 Å². The zero-order valence-electron chi connectivity index (χ0n) is 13.4. The van der Waals surface area contributed by atoms with Gasteiger partial charge >= 0.3 is 6.03 Å². The predicted octanol–water partition coefficient (Wildman–Crippen LogP) is 2.42. The number of hydrogen-bond acceptors (Lipinski definition) is 3. The molecule has 1 aliphatic heterocycles. The molecule has 0 radical (unpaired) electrons. The maximum atomic E-state index is 12.3. The molecule has 0 atom stereocenters. The van der Waals surface area contributed by atoms with E-state index in [1.165, 1.54) is 11.3 Å². The third kappa shape index (κ3) is 4.00. The first kappa shape index (κ1) is 15.3. The van der Waals surface area contributed by atoms with E-state index in [-0.39, 0.29) is 6.03 Å². The monoisotopic (exact) mass is 310 g/mol. The fourth-order valence-electron chi connectivity index (χ4n) is 2.72. The molecular formula is C18H22N4O. The van der Waals surface area contributed by atoms with Gasteiger partial charge in [-0.25, -0.2) is 4.79 Å². The fourth-order valence-corrected chi connectivity index (χ4v) is 2.72. The van der Waals surface area contributed by atoms with E-state index in [0.717, 1.165) is 31.7 Å². The lowest BCUT2D eigenvalue weighted by Crippen LogP contribution is -2.51. The number of benzene rings is 1. The lowest BCUT2D eigenvalue weighted by molar-refractivity contribution is 0.194. The topological polar surface area (TPSA) is 48.5 Å². The molecule has 0 aliphatic carbocycles. The molecular weight excluding hydrogens is 288 g/mol. The Morgan fingerprint density at radius 3 is 2.35 bits per heavy atom. The lowest BCUT2D eigenvalue weighted by atomic mass is 10.1. The minimum atomic E-state index is 0.0138. The Morgan fingerprint density at radius 1 is 1.04 bits per heavy atom. The minimum absolute atomic E-state index is 0.0138. The standard InChI is InChI=1S/C18H22N4O/c1-15-2-4-16(5-3-15)14-20-18(23)22-12-10-21(11-13-22)17-6-8-19-9-7-17/h2-9H,10-14H2,1H3,(H,20,23). The summed E-state index contributed by atoms with van der Waals surface area (Å²) in [5.74, 6) is 0. The van der Waals surface area contributed by atoms with E-state index >= 15 is 0 Å². The van der Waals surface area contributed by atoms with E-state index in [2.05, 4.69) is 46.4 Å². The van der Waals surface area contributed by atoms with Crippen molar-refractivity contribution in [2.45, 2.75) is 13.5 Å². The second kappa shape index (κ2) is 7.13. The van der Waals surface area contributed by atoms with Crippen molar-refractivity contribution in [2.24, 2.45) is 0 Å². The Balaban J connectivity index is 1.47. The molecule has 1 saturated heterocycles. The molecule has 120 valence electrons. The Labute approximate surface area is 136 Å². The largest absolute Gasteiger partial charge is 0.368 e. The summed E-state index contributed by atoms with van der Waals surface area (Å²) < 4.78 is 0. The van der Waals surface area contributed by atoms with E-state index in [0.29, 0.717) is 6.54 Å². The first-order chi connectivity index (χ1) is 11.2. The summed E-state index contributed by atoms with van der Waals surface area (Å²) in [4.78, 5) is 20.5. The number of urea groups is 1. The van der Waals surface area contributed by atoms with Crippen molar-refractivity contribution < 1.29 is 4.79 Å². The number of carbonyl (C=O) groups excluding carboxylic acids is 1. The summed E-state index contributed by atoms with van der Waals surface area (Å²) in [5.41, 5.74) is 3.52. The number of nitrogens with zero attached hydrogens (tertiary/aromatic N) is 3. The molecule has 0 bridgehead atoms. The number of piperazine rings is 1.